The third kappa shape index (κ3) is 3.33. The average Bonchev–Trinajstić information content (AvgIpc) is 3.07. The van der Waals surface area contributed by atoms with E-state index < -0.39 is 0 Å². The summed E-state index contributed by atoms with van der Waals surface area (Å²) in [6.07, 6.45) is 3.53. The summed E-state index contributed by atoms with van der Waals surface area (Å²) in [6.45, 7) is 2.84. The van der Waals surface area contributed by atoms with Gasteiger partial charge in [0, 0.05) is 25.7 Å². The quantitative estimate of drug-likeness (QED) is 0.837. The summed E-state index contributed by atoms with van der Waals surface area (Å²) in [5.74, 6) is 1.33. The van der Waals surface area contributed by atoms with Crippen LogP contribution in [0.5, 0.6) is 11.5 Å². The van der Waals surface area contributed by atoms with E-state index in [1.54, 1.807) is 26.4 Å². The first-order chi connectivity index (χ1) is 11.2. The molecule has 2 aliphatic rings. The maximum absolute atomic E-state index is 12.5. The van der Waals surface area contributed by atoms with E-state index >= 15 is 0 Å². The molecule has 1 aromatic carbocycles. The first-order valence-corrected chi connectivity index (χ1v) is 7.76. The van der Waals surface area contributed by atoms with Crippen molar-refractivity contribution in [3.8, 4) is 11.5 Å². The van der Waals surface area contributed by atoms with Crippen LogP contribution in [0.1, 0.15) is 5.56 Å². The second-order valence-electron chi connectivity index (χ2n) is 5.61. The van der Waals surface area contributed by atoms with E-state index in [4.69, 9.17) is 14.2 Å². The van der Waals surface area contributed by atoms with Crippen molar-refractivity contribution in [3.05, 3.63) is 29.8 Å². The topological polar surface area (TPSA) is 60.0 Å². The molecular formula is C17H22N2O4. The van der Waals surface area contributed by atoms with Crippen molar-refractivity contribution in [2.75, 3.05) is 40.5 Å². The molecule has 1 N–H and O–H groups in total. The summed E-state index contributed by atoms with van der Waals surface area (Å²) in [6, 6.07) is 5.70. The molecule has 3 rings (SSSR count). The molecule has 2 saturated heterocycles. The Morgan fingerprint density at radius 2 is 2.13 bits per heavy atom. The SMILES string of the molecule is COc1ccc(/C=C/C(=O)N2CCO[C@H]3CNC[C@H]32)cc1OC. The molecule has 1 amide bonds. The van der Waals surface area contributed by atoms with Crippen LogP contribution in [0.2, 0.25) is 0 Å². The van der Waals surface area contributed by atoms with E-state index in [1.807, 2.05) is 23.1 Å². The Hall–Kier alpha value is -2.05. The molecule has 0 unspecified atom stereocenters. The van der Waals surface area contributed by atoms with Crippen molar-refractivity contribution >= 4 is 12.0 Å². The number of hydrogen-bond acceptors (Lipinski definition) is 5. The number of benzene rings is 1. The molecule has 2 aliphatic heterocycles. The number of ether oxygens (including phenoxy) is 3. The first kappa shape index (κ1) is 15.8. The fraction of sp³-hybridized carbons (Fsp3) is 0.471. The molecule has 124 valence electrons. The first-order valence-electron chi connectivity index (χ1n) is 7.76. The lowest BCUT2D eigenvalue weighted by molar-refractivity contribution is -0.137. The normalized spacial score (nSPS) is 23.8. The van der Waals surface area contributed by atoms with Gasteiger partial charge in [-0.25, -0.2) is 0 Å². The lowest BCUT2D eigenvalue weighted by Gasteiger charge is -2.36. The van der Waals surface area contributed by atoms with Crippen LogP contribution < -0.4 is 14.8 Å². The number of methoxy groups -OCH3 is 2. The number of amides is 1. The summed E-state index contributed by atoms with van der Waals surface area (Å²) in [5.41, 5.74) is 0.894. The van der Waals surface area contributed by atoms with Crippen molar-refractivity contribution in [3.63, 3.8) is 0 Å². The molecule has 0 aromatic heterocycles. The molecule has 0 radical (unpaired) electrons. The predicted octanol–water partition coefficient (Wildman–Crippen LogP) is 0.916. The molecule has 23 heavy (non-hydrogen) atoms. The molecule has 2 atom stereocenters. The van der Waals surface area contributed by atoms with Crippen molar-refractivity contribution in [2.45, 2.75) is 12.1 Å². The molecule has 6 nitrogen and oxygen atoms in total. The van der Waals surface area contributed by atoms with Gasteiger partial charge in [0.1, 0.15) is 0 Å². The lowest BCUT2D eigenvalue weighted by atomic mass is 10.1. The van der Waals surface area contributed by atoms with Gasteiger partial charge in [0.25, 0.3) is 0 Å². The van der Waals surface area contributed by atoms with Gasteiger partial charge in [0.15, 0.2) is 11.5 Å². The summed E-state index contributed by atoms with van der Waals surface area (Å²) in [5, 5.41) is 3.28. The second kappa shape index (κ2) is 7.02. The fourth-order valence-electron chi connectivity index (χ4n) is 3.08. The zero-order valence-corrected chi connectivity index (χ0v) is 13.5. The van der Waals surface area contributed by atoms with Crippen LogP contribution in [0, 0.1) is 0 Å². The Kier molecular flexibility index (Phi) is 4.83. The van der Waals surface area contributed by atoms with E-state index in [-0.39, 0.29) is 18.1 Å². The van der Waals surface area contributed by atoms with Crippen LogP contribution in [-0.2, 0) is 9.53 Å². The molecular weight excluding hydrogens is 296 g/mol. The molecule has 1 aromatic rings. The molecule has 2 fully saturated rings. The Bertz CT molecular complexity index is 602. The number of fused-ring (bicyclic) bond motifs is 1. The van der Waals surface area contributed by atoms with Crippen LogP contribution in [0.15, 0.2) is 24.3 Å². The van der Waals surface area contributed by atoms with Gasteiger partial charge < -0.3 is 24.4 Å². The van der Waals surface area contributed by atoms with Crippen LogP contribution in [0.25, 0.3) is 6.08 Å². The van der Waals surface area contributed by atoms with Crippen LogP contribution in [-0.4, -0.2) is 63.4 Å². The molecule has 0 aliphatic carbocycles. The van der Waals surface area contributed by atoms with E-state index in [0.717, 1.165) is 18.7 Å². The van der Waals surface area contributed by atoms with Crippen molar-refractivity contribution in [1.29, 1.82) is 0 Å². The number of carbonyl (C=O) groups is 1. The highest BCUT2D eigenvalue weighted by Gasteiger charge is 2.37. The predicted molar refractivity (Wildman–Crippen MR) is 86.7 cm³/mol. The monoisotopic (exact) mass is 318 g/mol. The van der Waals surface area contributed by atoms with Gasteiger partial charge in [0.05, 0.1) is 33.0 Å². The highest BCUT2D eigenvalue weighted by molar-refractivity contribution is 5.92. The Morgan fingerprint density at radius 3 is 2.91 bits per heavy atom. The Balaban J connectivity index is 1.70. The van der Waals surface area contributed by atoms with E-state index in [0.29, 0.717) is 24.7 Å². The molecule has 2 heterocycles. The van der Waals surface area contributed by atoms with Gasteiger partial charge in [-0.15, -0.1) is 0 Å². The zero-order chi connectivity index (χ0) is 16.2. The summed E-state index contributed by atoms with van der Waals surface area (Å²) >= 11 is 0. The number of nitrogens with one attached hydrogen (secondary N) is 1. The summed E-state index contributed by atoms with van der Waals surface area (Å²) in [4.78, 5) is 14.4. The van der Waals surface area contributed by atoms with E-state index in [9.17, 15) is 4.79 Å². The highest BCUT2D eigenvalue weighted by Crippen LogP contribution is 2.28. The number of nitrogens with zero attached hydrogens (tertiary/aromatic N) is 1. The van der Waals surface area contributed by atoms with Gasteiger partial charge >= 0.3 is 0 Å². The van der Waals surface area contributed by atoms with Crippen molar-refractivity contribution < 1.29 is 19.0 Å². The minimum atomic E-state index is 0.0155. The van der Waals surface area contributed by atoms with Crippen molar-refractivity contribution in [2.24, 2.45) is 0 Å². The summed E-state index contributed by atoms with van der Waals surface area (Å²) < 4.78 is 16.2. The number of hydrogen-bond donors (Lipinski definition) is 1. The largest absolute Gasteiger partial charge is 0.493 e. The summed E-state index contributed by atoms with van der Waals surface area (Å²) in [7, 11) is 3.19. The van der Waals surface area contributed by atoms with Crippen LogP contribution in [0.4, 0.5) is 0 Å². The third-order valence-corrected chi connectivity index (χ3v) is 4.30. The maximum atomic E-state index is 12.5. The van der Waals surface area contributed by atoms with Gasteiger partial charge in [-0.05, 0) is 23.8 Å². The number of rotatable bonds is 4. The number of morpholine rings is 1. The Morgan fingerprint density at radius 1 is 1.30 bits per heavy atom. The van der Waals surface area contributed by atoms with Gasteiger partial charge in [-0.1, -0.05) is 6.07 Å². The zero-order valence-electron chi connectivity index (χ0n) is 13.5. The minimum absolute atomic E-state index is 0.0155. The van der Waals surface area contributed by atoms with Gasteiger partial charge in [-0.2, -0.15) is 0 Å². The minimum Gasteiger partial charge on any atom is -0.493 e. The van der Waals surface area contributed by atoms with Gasteiger partial charge in [-0.3, -0.25) is 4.79 Å². The molecule has 0 saturated carbocycles. The van der Waals surface area contributed by atoms with E-state index in [2.05, 4.69) is 5.32 Å². The van der Waals surface area contributed by atoms with Gasteiger partial charge in [0.2, 0.25) is 5.91 Å². The van der Waals surface area contributed by atoms with Crippen molar-refractivity contribution in [1.82, 2.24) is 10.2 Å². The molecule has 0 spiro atoms. The highest BCUT2D eigenvalue weighted by atomic mass is 16.5. The van der Waals surface area contributed by atoms with Crippen LogP contribution >= 0.6 is 0 Å². The smallest absolute Gasteiger partial charge is 0.247 e. The lowest BCUT2D eigenvalue weighted by Crippen LogP contribution is -2.52. The molecule has 0 bridgehead atoms. The van der Waals surface area contributed by atoms with E-state index in [1.165, 1.54) is 0 Å². The Labute approximate surface area is 136 Å². The molecule has 6 heteroatoms. The standard InChI is InChI=1S/C17H22N2O4/c1-21-14-5-3-12(9-15(14)22-2)4-6-17(20)19-7-8-23-16-11-18-10-13(16)19/h3-6,9,13,16,18H,7-8,10-11H2,1-2H3/b6-4+/t13-,16+/m1/s1. The third-order valence-electron chi connectivity index (χ3n) is 4.30. The maximum Gasteiger partial charge on any atom is 0.247 e. The van der Waals surface area contributed by atoms with Crippen LogP contribution in [0.3, 0.4) is 0 Å². The second-order valence-corrected chi connectivity index (χ2v) is 5.61. The fourth-order valence-corrected chi connectivity index (χ4v) is 3.08. The average molecular weight is 318 g/mol. The number of carbonyl (C=O) groups excluding carboxylic acids is 1.